The number of hydrogen-bond donors (Lipinski definition) is 0. The Bertz CT molecular complexity index is 1980. The van der Waals surface area contributed by atoms with E-state index in [2.05, 4.69) is 122 Å². The summed E-state index contributed by atoms with van der Waals surface area (Å²) in [4.78, 5) is 0. The summed E-state index contributed by atoms with van der Waals surface area (Å²) in [6, 6.07) is 38.3. The molecule has 0 saturated heterocycles. The molecule has 0 atom stereocenters. The Morgan fingerprint density at radius 2 is 1.31 bits per heavy atom. The van der Waals surface area contributed by atoms with Crippen molar-refractivity contribution >= 4 is 53.3 Å². The molecule has 0 saturated carbocycles. The van der Waals surface area contributed by atoms with E-state index in [0.29, 0.717) is 0 Å². The molecular formula is C33H23NS. The van der Waals surface area contributed by atoms with Gasteiger partial charge in [-0.2, -0.15) is 0 Å². The maximum Gasteiger partial charge on any atom is 0.0548 e. The molecule has 0 unspecified atom stereocenters. The molecule has 2 aromatic heterocycles. The number of hydrogen-bond acceptors (Lipinski definition) is 1. The third-order valence-electron chi connectivity index (χ3n) is 8.00. The summed E-state index contributed by atoms with van der Waals surface area (Å²) in [5.74, 6) is 0. The van der Waals surface area contributed by atoms with Gasteiger partial charge in [-0.3, -0.25) is 0 Å². The highest BCUT2D eigenvalue weighted by Gasteiger charge is 2.35. The number of rotatable bonds is 1. The molecule has 0 aliphatic heterocycles. The Morgan fingerprint density at radius 3 is 2.23 bits per heavy atom. The van der Waals surface area contributed by atoms with Crippen LogP contribution in [-0.4, -0.2) is 4.57 Å². The normalized spacial score (nSPS) is 14.2. The Kier molecular flexibility index (Phi) is 3.67. The second-order valence-electron chi connectivity index (χ2n) is 10.2. The minimum atomic E-state index is 0.0209. The van der Waals surface area contributed by atoms with Crippen LogP contribution in [0.1, 0.15) is 25.0 Å². The molecule has 0 fully saturated rings. The molecule has 5 aromatic carbocycles. The minimum absolute atomic E-state index is 0.0209. The third-order valence-corrected chi connectivity index (χ3v) is 9.14. The number of aromatic nitrogens is 1. The van der Waals surface area contributed by atoms with E-state index >= 15 is 0 Å². The molecule has 0 spiro atoms. The van der Waals surface area contributed by atoms with Gasteiger partial charge in [-0.05, 0) is 58.7 Å². The fourth-order valence-electron chi connectivity index (χ4n) is 6.40. The highest BCUT2D eigenvalue weighted by Crippen LogP contribution is 2.50. The lowest BCUT2D eigenvalue weighted by molar-refractivity contribution is 0.660. The molecule has 166 valence electrons. The second-order valence-corrected chi connectivity index (χ2v) is 11.3. The first kappa shape index (κ1) is 19.4. The number of nitrogens with zero attached hydrogens (tertiary/aromatic N) is 1. The van der Waals surface area contributed by atoms with Crippen molar-refractivity contribution in [2.75, 3.05) is 0 Å². The summed E-state index contributed by atoms with van der Waals surface area (Å²) in [5.41, 5.74) is 9.32. The van der Waals surface area contributed by atoms with Crippen LogP contribution in [0.3, 0.4) is 0 Å². The minimum Gasteiger partial charge on any atom is -0.309 e. The average molecular weight is 466 g/mol. The lowest BCUT2D eigenvalue weighted by Gasteiger charge is -2.21. The molecule has 7 aromatic rings. The molecule has 0 radical (unpaired) electrons. The van der Waals surface area contributed by atoms with Crippen LogP contribution in [0.15, 0.2) is 103 Å². The van der Waals surface area contributed by atoms with Gasteiger partial charge in [0, 0.05) is 42.0 Å². The fraction of sp³-hybridized carbons (Fsp3) is 0.0909. The maximum absolute atomic E-state index is 2.46. The summed E-state index contributed by atoms with van der Waals surface area (Å²) in [7, 11) is 0. The van der Waals surface area contributed by atoms with E-state index in [9.17, 15) is 0 Å². The number of para-hydroxylation sites is 1. The van der Waals surface area contributed by atoms with Crippen molar-refractivity contribution in [1.29, 1.82) is 0 Å². The number of thiophene rings is 1. The monoisotopic (exact) mass is 465 g/mol. The molecule has 0 bridgehead atoms. The number of fused-ring (bicyclic) bond motifs is 10. The Balaban J connectivity index is 1.50. The van der Waals surface area contributed by atoms with Gasteiger partial charge in [-0.1, -0.05) is 80.6 Å². The van der Waals surface area contributed by atoms with Gasteiger partial charge in [-0.25, -0.2) is 0 Å². The van der Waals surface area contributed by atoms with Gasteiger partial charge in [0.15, 0.2) is 0 Å². The van der Waals surface area contributed by atoms with Crippen LogP contribution < -0.4 is 0 Å². The van der Waals surface area contributed by atoms with Crippen LogP contribution in [0.5, 0.6) is 0 Å². The smallest absolute Gasteiger partial charge is 0.0548 e. The molecule has 35 heavy (non-hydrogen) atoms. The van der Waals surface area contributed by atoms with Gasteiger partial charge in [-0.15, -0.1) is 11.3 Å². The third kappa shape index (κ3) is 2.42. The van der Waals surface area contributed by atoms with Crippen LogP contribution in [-0.2, 0) is 5.41 Å². The zero-order valence-corrected chi connectivity index (χ0v) is 20.5. The van der Waals surface area contributed by atoms with Crippen molar-refractivity contribution in [1.82, 2.24) is 4.57 Å². The summed E-state index contributed by atoms with van der Waals surface area (Å²) >= 11 is 1.89. The van der Waals surface area contributed by atoms with Crippen LogP contribution in [0, 0.1) is 0 Å². The van der Waals surface area contributed by atoms with E-state index in [-0.39, 0.29) is 5.41 Å². The lowest BCUT2D eigenvalue weighted by Crippen LogP contribution is -2.14. The lowest BCUT2D eigenvalue weighted by atomic mass is 9.82. The van der Waals surface area contributed by atoms with E-state index in [1.165, 1.54) is 69.9 Å². The molecule has 0 N–H and O–H groups in total. The Morgan fingerprint density at radius 1 is 0.571 bits per heavy atom. The number of benzene rings is 5. The zero-order valence-electron chi connectivity index (χ0n) is 19.7. The molecule has 1 aliphatic carbocycles. The van der Waals surface area contributed by atoms with Crippen molar-refractivity contribution in [3.8, 4) is 16.8 Å². The standard InChI is InChI=1S/C33H23NS/c1-33(2)25-12-6-3-9-21(25)24-19-20(15-16-26(24)33)34-27-13-7-4-10-22(27)31-28(34)17-18-30-32(31)23-11-5-8-14-29(23)35-30/h3-19H,1-2H3. The Hall–Kier alpha value is -3.88. The van der Waals surface area contributed by atoms with Gasteiger partial charge in [0.05, 0.1) is 11.0 Å². The predicted molar refractivity (Wildman–Crippen MR) is 151 cm³/mol. The van der Waals surface area contributed by atoms with Gasteiger partial charge in [0.2, 0.25) is 0 Å². The molecule has 1 nitrogen and oxygen atoms in total. The summed E-state index contributed by atoms with van der Waals surface area (Å²) in [5, 5.41) is 5.41. The second kappa shape index (κ2) is 6.62. The quantitative estimate of drug-likeness (QED) is 0.227. The summed E-state index contributed by atoms with van der Waals surface area (Å²) in [6.45, 7) is 4.69. The van der Waals surface area contributed by atoms with Crippen molar-refractivity contribution in [2.45, 2.75) is 19.3 Å². The highest BCUT2D eigenvalue weighted by atomic mass is 32.1. The predicted octanol–water partition coefficient (Wildman–Crippen LogP) is 9.46. The topological polar surface area (TPSA) is 4.93 Å². The molecule has 2 heterocycles. The first-order valence-corrected chi connectivity index (χ1v) is 13.0. The van der Waals surface area contributed by atoms with E-state index in [1.54, 1.807) is 0 Å². The fourth-order valence-corrected chi connectivity index (χ4v) is 7.51. The van der Waals surface area contributed by atoms with Gasteiger partial charge < -0.3 is 4.57 Å². The van der Waals surface area contributed by atoms with E-state index in [1.807, 2.05) is 11.3 Å². The maximum atomic E-state index is 2.46. The largest absolute Gasteiger partial charge is 0.309 e. The van der Waals surface area contributed by atoms with Crippen LogP contribution >= 0.6 is 11.3 Å². The van der Waals surface area contributed by atoms with Crippen molar-refractivity contribution in [3.05, 3.63) is 114 Å². The summed E-state index contributed by atoms with van der Waals surface area (Å²) < 4.78 is 5.17. The molecule has 0 amide bonds. The van der Waals surface area contributed by atoms with Crippen LogP contribution in [0.25, 0.3) is 58.8 Å². The SMILES string of the molecule is CC1(C)c2ccccc2-c2cc(-n3c4ccccc4c4c5c(ccc43)sc3ccccc35)ccc21. The molecule has 1 aliphatic rings. The van der Waals surface area contributed by atoms with Crippen LogP contribution in [0.4, 0.5) is 0 Å². The molecule has 8 rings (SSSR count). The van der Waals surface area contributed by atoms with E-state index < -0.39 is 0 Å². The van der Waals surface area contributed by atoms with Gasteiger partial charge >= 0.3 is 0 Å². The molecular weight excluding hydrogens is 442 g/mol. The van der Waals surface area contributed by atoms with Gasteiger partial charge in [0.25, 0.3) is 0 Å². The van der Waals surface area contributed by atoms with E-state index in [0.717, 1.165) is 0 Å². The average Bonchev–Trinajstić information content (AvgIpc) is 3.50. The first-order valence-electron chi connectivity index (χ1n) is 12.2. The first-order chi connectivity index (χ1) is 17.1. The van der Waals surface area contributed by atoms with Crippen molar-refractivity contribution in [3.63, 3.8) is 0 Å². The summed E-state index contributed by atoms with van der Waals surface area (Å²) in [6.07, 6.45) is 0. The van der Waals surface area contributed by atoms with Crippen molar-refractivity contribution < 1.29 is 0 Å². The van der Waals surface area contributed by atoms with E-state index in [4.69, 9.17) is 0 Å². The molecule has 2 heteroatoms. The van der Waals surface area contributed by atoms with Crippen molar-refractivity contribution in [2.24, 2.45) is 0 Å². The zero-order chi connectivity index (χ0) is 23.3. The van der Waals surface area contributed by atoms with Gasteiger partial charge in [0.1, 0.15) is 0 Å². The highest BCUT2D eigenvalue weighted by molar-refractivity contribution is 7.26. The van der Waals surface area contributed by atoms with Crippen LogP contribution in [0.2, 0.25) is 0 Å². The Labute approximate surface area is 207 Å².